The van der Waals surface area contributed by atoms with Crippen molar-refractivity contribution in [1.82, 2.24) is 0 Å². The molecule has 0 saturated carbocycles. The van der Waals surface area contributed by atoms with E-state index < -0.39 is 6.29 Å². The molecule has 1 heterocycles. The van der Waals surface area contributed by atoms with Gasteiger partial charge in [-0.05, 0) is 36.8 Å². The van der Waals surface area contributed by atoms with Crippen LogP contribution in [0.25, 0.3) is 0 Å². The molecule has 110 valence electrons. The molecule has 0 aromatic heterocycles. The molecule has 0 spiro atoms. The number of hydrogen-bond acceptors (Lipinski definition) is 3. The fourth-order valence-electron chi connectivity index (χ4n) is 2.12. The van der Waals surface area contributed by atoms with Crippen molar-refractivity contribution >= 4 is 21.6 Å². The van der Waals surface area contributed by atoms with Gasteiger partial charge in [0.2, 0.25) is 0 Å². The zero-order chi connectivity index (χ0) is 15.0. The number of rotatable bonds is 3. The van der Waals surface area contributed by atoms with Gasteiger partial charge in [-0.2, -0.15) is 0 Å². The molecule has 0 bridgehead atoms. The lowest BCUT2D eigenvalue weighted by Crippen LogP contribution is -2.25. The molecule has 3 nitrogen and oxygen atoms in total. The molecule has 0 saturated heterocycles. The molecule has 6 heteroatoms. The maximum Gasteiger partial charge on any atom is 0.586 e. The summed E-state index contributed by atoms with van der Waals surface area (Å²) < 4.78 is 35.7. The van der Waals surface area contributed by atoms with Crippen molar-refractivity contribution in [2.75, 3.05) is 5.32 Å². The Hall–Kier alpha value is -1.82. The van der Waals surface area contributed by atoms with E-state index in [9.17, 15) is 8.78 Å². The van der Waals surface area contributed by atoms with Crippen molar-refractivity contribution in [2.45, 2.75) is 19.3 Å². The molecule has 1 N–H and O–H groups in total. The molecule has 0 aliphatic carbocycles. The van der Waals surface area contributed by atoms with Gasteiger partial charge in [-0.25, -0.2) is 0 Å². The molecule has 2 aromatic rings. The first kappa shape index (κ1) is 14.1. The fourth-order valence-corrected chi connectivity index (χ4v) is 2.39. The summed E-state index contributed by atoms with van der Waals surface area (Å²) >= 11 is 3.38. The number of alkyl halides is 2. The van der Waals surface area contributed by atoms with Gasteiger partial charge in [0.1, 0.15) is 0 Å². The normalized spacial score (nSPS) is 16.6. The van der Waals surface area contributed by atoms with Crippen LogP contribution in [0.4, 0.5) is 14.5 Å². The fraction of sp³-hybridized carbons (Fsp3) is 0.200. The van der Waals surface area contributed by atoms with Crippen LogP contribution in [0, 0.1) is 0 Å². The predicted molar refractivity (Wildman–Crippen MR) is 78.8 cm³/mol. The van der Waals surface area contributed by atoms with Gasteiger partial charge in [0.05, 0.1) is 0 Å². The Morgan fingerprint density at radius 3 is 2.43 bits per heavy atom. The first-order valence-corrected chi connectivity index (χ1v) is 7.14. The molecule has 1 atom stereocenters. The van der Waals surface area contributed by atoms with Crippen LogP contribution in [0.15, 0.2) is 46.9 Å². The third kappa shape index (κ3) is 3.10. The van der Waals surface area contributed by atoms with Crippen molar-refractivity contribution in [3.8, 4) is 11.5 Å². The Balaban J connectivity index is 1.76. The second-order valence-electron chi connectivity index (χ2n) is 4.75. The highest BCUT2D eigenvalue weighted by Crippen LogP contribution is 2.42. The van der Waals surface area contributed by atoms with E-state index in [0.29, 0.717) is 5.69 Å². The number of halogens is 3. The van der Waals surface area contributed by atoms with Crippen molar-refractivity contribution in [3.63, 3.8) is 0 Å². The highest BCUT2D eigenvalue weighted by atomic mass is 79.9. The molecule has 0 fully saturated rings. The van der Waals surface area contributed by atoms with Gasteiger partial charge in [0, 0.05) is 22.3 Å². The second-order valence-corrected chi connectivity index (χ2v) is 5.66. The van der Waals surface area contributed by atoms with E-state index in [-0.39, 0.29) is 17.5 Å². The highest BCUT2D eigenvalue weighted by molar-refractivity contribution is 9.10. The van der Waals surface area contributed by atoms with Crippen LogP contribution in [0.3, 0.4) is 0 Å². The van der Waals surface area contributed by atoms with Crippen LogP contribution in [-0.2, 0) is 0 Å². The summed E-state index contributed by atoms with van der Waals surface area (Å²) in [7, 11) is 0. The maximum atomic E-state index is 13.0. The Labute approximate surface area is 129 Å². The van der Waals surface area contributed by atoms with Gasteiger partial charge >= 0.3 is 6.29 Å². The van der Waals surface area contributed by atoms with Gasteiger partial charge in [0.25, 0.3) is 0 Å². The molecular formula is C15H12BrF2NO2. The Morgan fingerprint density at radius 2 is 1.71 bits per heavy atom. The average molecular weight is 356 g/mol. The standard InChI is InChI=1S/C15H12BrF2NO2/c1-9(10-2-4-11(16)5-3-10)19-12-6-7-13-14(8-12)21-15(17,18)20-13/h2-9,19H,1H3. The van der Waals surface area contributed by atoms with Crippen LogP contribution in [-0.4, -0.2) is 6.29 Å². The van der Waals surface area contributed by atoms with E-state index in [1.807, 2.05) is 31.2 Å². The number of nitrogens with one attached hydrogen (secondary N) is 1. The third-order valence-corrected chi connectivity index (χ3v) is 3.68. The molecule has 1 aliphatic rings. The topological polar surface area (TPSA) is 30.5 Å². The summed E-state index contributed by atoms with van der Waals surface area (Å²) in [5.74, 6) is 0.0786. The minimum Gasteiger partial charge on any atom is -0.395 e. The third-order valence-electron chi connectivity index (χ3n) is 3.15. The number of ether oxygens (including phenoxy) is 2. The SMILES string of the molecule is CC(Nc1ccc2c(c1)OC(F)(F)O2)c1ccc(Br)cc1. The van der Waals surface area contributed by atoms with E-state index in [0.717, 1.165) is 10.0 Å². The van der Waals surface area contributed by atoms with E-state index in [2.05, 4.69) is 30.7 Å². The summed E-state index contributed by atoms with van der Waals surface area (Å²) in [5.41, 5.74) is 1.77. The average Bonchev–Trinajstić information content (AvgIpc) is 2.72. The van der Waals surface area contributed by atoms with Crippen LogP contribution >= 0.6 is 15.9 Å². The lowest BCUT2D eigenvalue weighted by atomic mass is 10.1. The Kier molecular flexibility index (Phi) is 3.49. The zero-order valence-corrected chi connectivity index (χ0v) is 12.7. The molecule has 0 amide bonds. The van der Waals surface area contributed by atoms with Crippen LogP contribution in [0.1, 0.15) is 18.5 Å². The molecule has 21 heavy (non-hydrogen) atoms. The molecule has 1 unspecified atom stereocenters. The molecule has 1 aliphatic heterocycles. The van der Waals surface area contributed by atoms with Crippen molar-refractivity contribution in [2.24, 2.45) is 0 Å². The predicted octanol–water partition coefficient (Wildman–Crippen LogP) is 4.94. The van der Waals surface area contributed by atoms with E-state index in [1.165, 1.54) is 12.1 Å². The first-order valence-electron chi connectivity index (χ1n) is 6.35. The van der Waals surface area contributed by atoms with Crippen LogP contribution in [0.2, 0.25) is 0 Å². The van der Waals surface area contributed by atoms with Crippen LogP contribution < -0.4 is 14.8 Å². The van der Waals surface area contributed by atoms with E-state index >= 15 is 0 Å². The first-order chi connectivity index (χ1) is 9.93. The number of fused-ring (bicyclic) bond motifs is 1. The monoisotopic (exact) mass is 355 g/mol. The summed E-state index contributed by atoms with van der Waals surface area (Å²) in [5, 5.41) is 3.24. The van der Waals surface area contributed by atoms with Gasteiger partial charge in [-0.3, -0.25) is 0 Å². The molecule has 2 aromatic carbocycles. The Morgan fingerprint density at radius 1 is 1.05 bits per heavy atom. The second kappa shape index (κ2) is 5.18. The number of hydrogen-bond donors (Lipinski definition) is 1. The lowest BCUT2D eigenvalue weighted by Gasteiger charge is -2.16. The van der Waals surface area contributed by atoms with Crippen LogP contribution in [0.5, 0.6) is 11.5 Å². The molecular weight excluding hydrogens is 344 g/mol. The highest BCUT2D eigenvalue weighted by Gasteiger charge is 2.43. The zero-order valence-electron chi connectivity index (χ0n) is 11.1. The largest absolute Gasteiger partial charge is 0.586 e. The molecule has 0 radical (unpaired) electrons. The van der Waals surface area contributed by atoms with Crippen molar-refractivity contribution in [3.05, 3.63) is 52.5 Å². The number of benzene rings is 2. The minimum absolute atomic E-state index is 0.0268. The lowest BCUT2D eigenvalue weighted by molar-refractivity contribution is -0.286. The molecule has 3 rings (SSSR count). The maximum absolute atomic E-state index is 13.0. The number of anilines is 1. The van der Waals surface area contributed by atoms with Crippen molar-refractivity contribution in [1.29, 1.82) is 0 Å². The van der Waals surface area contributed by atoms with Gasteiger partial charge in [0.15, 0.2) is 11.5 Å². The Bertz CT molecular complexity index is 661. The van der Waals surface area contributed by atoms with Crippen molar-refractivity contribution < 1.29 is 18.3 Å². The van der Waals surface area contributed by atoms with Gasteiger partial charge < -0.3 is 14.8 Å². The van der Waals surface area contributed by atoms with Gasteiger partial charge in [-0.15, -0.1) is 8.78 Å². The summed E-state index contributed by atoms with van der Waals surface area (Å²) in [4.78, 5) is 0. The quantitative estimate of drug-likeness (QED) is 0.845. The summed E-state index contributed by atoms with van der Waals surface area (Å²) in [6, 6.07) is 12.6. The van der Waals surface area contributed by atoms with Gasteiger partial charge in [-0.1, -0.05) is 28.1 Å². The summed E-state index contributed by atoms with van der Waals surface area (Å²) in [6.07, 6.45) is -3.59. The minimum atomic E-state index is -3.59. The van der Waals surface area contributed by atoms with E-state index in [4.69, 9.17) is 0 Å². The summed E-state index contributed by atoms with van der Waals surface area (Å²) in [6.45, 7) is 1.99. The van der Waals surface area contributed by atoms with E-state index in [1.54, 1.807) is 6.07 Å². The smallest absolute Gasteiger partial charge is 0.395 e.